The van der Waals surface area contributed by atoms with Crippen molar-refractivity contribution < 1.29 is 4.79 Å². The Labute approximate surface area is 157 Å². The first kappa shape index (κ1) is 17.5. The monoisotopic (exact) mass is 396 g/mol. The van der Waals surface area contributed by atoms with Crippen molar-refractivity contribution in [2.45, 2.75) is 6.54 Å². The highest BCUT2D eigenvalue weighted by Crippen LogP contribution is 2.33. The fourth-order valence-corrected chi connectivity index (χ4v) is 3.17. The lowest BCUT2D eigenvalue weighted by molar-refractivity contribution is -0.121. The maximum absolute atomic E-state index is 12.2. The molecule has 128 valence electrons. The molecule has 1 heterocycles. The highest BCUT2D eigenvalue weighted by molar-refractivity contribution is 6.41. The average Bonchev–Trinajstić information content (AvgIpc) is 2.56. The smallest absolute Gasteiger partial charge is 0.269 e. The van der Waals surface area contributed by atoms with Gasteiger partial charge in [-0.2, -0.15) is 0 Å². The largest absolute Gasteiger partial charge is 0.296 e. The summed E-state index contributed by atoms with van der Waals surface area (Å²) in [7, 11) is 0. The van der Waals surface area contributed by atoms with Crippen LogP contribution in [0, 0.1) is 0 Å². The minimum atomic E-state index is -0.458. The molecule has 25 heavy (non-hydrogen) atoms. The van der Waals surface area contributed by atoms with Crippen molar-refractivity contribution in [2.24, 2.45) is 0 Å². The van der Waals surface area contributed by atoms with Gasteiger partial charge >= 0.3 is 0 Å². The van der Waals surface area contributed by atoms with Crippen molar-refractivity contribution in [3.63, 3.8) is 0 Å². The number of carbonyl (C=O) groups excluding carboxylic acids is 1. The molecule has 3 aromatic rings. The molecular weight excluding hydrogens is 387 g/mol. The van der Waals surface area contributed by atoms with E-state index in [-0.39, 0.29) is 22.1 Å². The molecule has 0 fully saturated rings. The number of benzene rings is 2. The van der Waals surface area contributed by atoms with E-state index in [1.807, 2.05) is 0 Å². The number of hydrazine groups is 1. The van der Waals surface area contributed by atoms with Crippen LogP contribution >= 0.6 is 34.8 Å². The SMILES string of the molecule is O=C(Cn1c(=O)cnc2ccccc21)NNc1c(Cl)cc(Cl)cc1Cl. The van der Waals surface area contributed by atoms with Crippen molar-refractivity contribution in [3.05, 3.63) is 68.0 Å². The first-order valence-electron chi connectivity index (χ1n) is 7.09. The lowest BCUT2D eigenvalue weighted by atomic mass is 10.3. The maximum Gasteiger partial charge on any atom is 0.269 e. The van der Waals surface area contributed by atoms with Crippen molar-refractivity contribution in [2.75, 3.05) is 5.43 Å². The summed E-state index contributed by atoms with van der Waals surface area (Å²) in [5, 5.41) is 0.885. The molecule has 0 spiro atoms. The summed E-state index contributed by atoms with van der Waals surface area (Å²) in [6.07, 6.45) is 1.18. The summed E-state index contributed by atoms with van der Waals surface area (Å²) in [4.78, 5) is 28.3. The first-order chi connectivity index (χ1) is 12.0. The molecule has 2 aromatic carbocycles. The van der Waals surface area contributed by atoms with Crippen molar-refractivity contribution in [3.8, 4) is 0 Å². The van der Waals surface area contributed by atoms with Gasteiger partial charge in [0.2, 0.25) is 0 Å². The van der Waals surface area contributed by atoms with E-state index >= 15 is 0 Å². The van der Waals surface area contributed by atoms with Crippen LogP contribution in [0.4, 0.5) is 5.69 Å². The third kappa shape index (κ3) is 3.87. The lowest BCUT2D eigenvalue weighted by Crippen LogP contribution is -2.35. The standard InChI is InChI=1S/C16H11Cl3N4O2/c17-9-5-10(18)16(11(19)6-9)22-21-14(24)8-23-13-4-2-1-3-12(13)20-7-15(23)25/h1-7,22H,8H2,(H,21,24). The predicted octanol–water partition coefficient (Wildman–Crippen LogP) is 3.50. The minimum Gasteiger partial charge on any atom is -0.296 e. The molecule has 0 saturated carbocycles. The van der Waals surface area contributed by atoms with Crippen LogP contribution in [0.25, 0.3) is 11.0 Å². The fourth-order valence-electron chi connectivity index (χ4n) is 2.25. The highest BCUT2D eigenvalue weighted by Gasteiger charge is 2.11. The number of fused-ring (bicyclic) bond motifs is 1. The Hall–Kier alpha value is -2.28. The van der Waals surface area contributed by atoms with E-state index in [9.17, 15) is 9.59 Å². The maximum atomic E-state index is 12.2. The summed E-state index contributed by atoms with van der Waals surface area (Å²) in [5.74, 6) is -0.458. The van der Waals surface area contributed by atoms with Crippen LogP contribution in [0.5, 0.6) is 0 Å². The third-order valence-corrected chi connectivity index (χ3v) is 4.20. The number of anilines is 1. The summed E-state index contributed by atoms with van der Waals surface area (Å²) >= 11 is 17.9. The van der Waals surface area contributed by atoms with E-state index in [0.29, 0.717) is 21.7 Å². The zero-order valence-corrected chi connectivity index (χ0v) is 14.9. The van der Waals surface area contributed by atoms with Crippen LogP contribution in [-0.4, -0.2) is 15.5 Å². The molecule has 2 N–H and O–H groups in total. The Morgan fingerprint density at radius 2 is 1.80 bits per heavy atom. The number of nitrogens with one attached hydrogen (secondary N) is 2. The molecule has 0 bridgehead atoms. The van der Waals surface area contributed by atoms with Gasteiger partial charge in [-0.05, 0) is 24.3 Å². The molecule has 1 amide bonds. The number of nitrogens with zero attached hydrogens (tertiary/aromatic N) is 2. The number of para-hydroxylation sites is 2. The summed E-state index contributed by atoms with van der Waals surface area (Å²) < 4.78 is 1.32. The molecule has 0 radical (unpaired) electrons. The highest BCUT2D eigenvalue weighted by atomic mass is 35.5. The summed E-state index contributed by atoms with van der Waals surface area (Å²) in [5.41, 5.74) is 6.22. The summed E-state index contributed by atoms with van der Waals surface area (Å²) in [6.45, 7) is -0.197. The normalized spacial score (nSPS) is 10.7. The first-order valence-corrected chi connectivity index (χ1v) is 8.23. The van der Waals surface area contributed by atoms with Gasteiger partial charge in [0.1, 0.15) is 6.54 Å². The Balaban J connectivity index is 1.78. The van der Waals surface area contributed by atoms with E-state index in [4.69, 9.17) is 34.8 Å². The van der Waals surface area contributed by atoms with Gasteiger partial charge in [0.15, 0.2) is 0 Å². The second-order valence-electron chi connectivity index (χ2n) is 5.09. The molecule has 3 rings (SSSR count). The van der Waals surface area contributed by atoms with E-state index in [2.05, 4.69) is 15.8 Å². The Morgan fingerprint density at radius 3 is 2.52 bits per heavy atom. The van der Waals surface area contributed by atoms with Gasteiger partial charge in [0.05, 0.1) is 33.0 Å². The van der Waals surface area contributed by atoms with Crippen molar-refractivity contribution in [1.29, 1.82) is 0 Å². The van der Waals surface area contributed by atoms with Gasteiger partial charge in [-0.15, -0.1) is 0 Å². The van der Waals surface area contributed by atoms with Crippen LogP contribution in [-0.2, 0) is 11.3 Å². The van der Waals surface area contributed by atoms with Crippen LogP contribution in [0.1, 0.15) is 0 Å². The molecule has 0 unspecified atom stereocenters. The van der Waals surface area contributed by atoms with Gasteiger partial charge < -0.3 is 0 Å². The number of rotatable bonds is 4. The molecule has 0 aliphatic heterocycles. The average molecular weight is 398 g/mol. The van der Waals surface area contributed by atoms with Crippen LogP contribution < -0.4 is 16.4 Å². The van der Waals surface area contributed by atoms with Crippen molar-refractivity contribution in [1.82, 2.24) is 15.0 Å². The molecule has 9 heteroatoms. The molecule has 1 aromatic heterocycles. The van der Waals surface area contributed by atoms with Crippen molar-refractivity contribution >= 4 is 57.4 Å². The van der Waals surface area contributed by atoms with Gasteiger partial charge in [-0.25, -0.2) is 4.98 Å². The van der Waals surface area contributed by atoms with Crippen LogP contribution in [0.15, 0.2) is 47.4 Å². The topological polar surface area (TPSA) is 76.0 Å². The molecule has 0 aliphatic rings. The quantitative estimate of drug-likeness (QED) is 0.661. The second-order valence-corrected chi connectivity index (χ2v) is 6.34. The van der Waals surface area contributed by atoms with Gasteiger partial charge in [0.25, 0.3) is 11.5 Å². The van der Waals surface area contributed by atoms with E-state index in [1.54, 1.807) is 24.3 Å². The summed E-state index contributed by atoms with van der Waals surface area (Å²) in [6, 6.07) is 10.0. The number of aromatic nitrogens is 2. The molecule has 0 aliphatic carbocycles. The Morgan fingerprint density at radius 1 is 1.12 bits per heavy atom. The Bertz CT molecular complexity index is 997. The van der Waals surface area contributed by atoms with Crippen LogP contribution in [0.3, 0.4) is 0 Å². The van der Waals surface area contributed by atoms with Gasteiger partial charge in [0, 0.05) is 5.02 Å². The van der Waals surface area contributed by atoms with Gasteiger partial charge in [-0.3, -0.25) is 25.0 Å². The number of hydrogen-bond donors (Lipinski definition) is 2. The van der Waals surface area contributed by atoms with E-state index in [1.165, 1.54) is 22.9 Å². The number of hydrogen-bond acceptors (Lipinski definition) is 4. The fraction of sp³-hybridized carbons (Fsp3) is 0.0625. The molecule has 0 atom stereocenters. The zero-order valence-electron chi connectivity index (χ0n) is 12.6. The third-order valence-electron chi connectivity index (χ3n) is 3.39. The van der Waals surface area contributed by atoms with E-state index in [0.717, 1.165) is 0 Å². The predicted molar refractivity (Wildman–Crippen MR) is 99.2 cm³/mol. The molecule has 0 saturated heterocycles. The van der Waals surface area contributed by atoms with E-state index < -0.39 is 5.91 Å². The van der Waals surface area contributed by atoms with Gasteiger partial charge in [-0.1, -0.05) is 46.9 Å². The zero-order chi connectivity index (χ0) is 18.0. The lowest BCUT2D eigenvalue weighted by Gasteiger charge is -2.13. The van der Waals surface area contributed by atoms with Crippen LogP contribution in [0.2, 0.25) is 15.1 Å². The number of halogens is 3. The number of carbonyl (C=O) groups is 1. The minimum absolute atomic E-state index is 0.197. The Kier molecular flexibility index (Phi) is 5.13. The second kappa shape index (κ2) is 7.31. The molecular formula is C16H11Cl3N4O2. The number of amides is 1. The molecule has 6 nitrogen and oxygen atoms in total.